The van der Waals surface area contributed by atoms with Crippen LogP contribution in [0.15, 0.2) is 42.5 Å². The van der Waals surface area contributed by atoms with Crippen molar-refractivity contribution in [1.82, 2.24) is 9.80 Å². The molecule has 2 aromatic carbocycles. The van der Waals surface area contributed by atoms with E-state index in [0.717, 1.165) is 5.56 Å². The van der Waals surface area contributed by atoms with Crippen LogP contribution in [-0.2, 0) is 16.1 Å². The molecule has 1 fully saturated rings. The first-order valence-electron chi connectivity index (χ1n) is 13.8. The maximum Gasteiger partial charge on any atom is 0.335 e. The van der Waals surface area contributed by atoms with Crippen molar-refractivity contribution in [3.63, 3.8) is 0 Å². The van der Waals surface area contributed by atoms with Crippen molar-refractivity contribution in [1.29, 1.82) is 0 Å². The molecule has 0 bridgehead atoms. The predicted octanol–water partition coefficient (Wildman–Crippen LogP) is 3.10. The van der Waals surface area contributed by atoms with Gasteiger partial charge in [-0.2, -0.15) is 0 Å². The van der Waals surface area contributed by atoms with Crippen molar-refractivity contribution in [3.05, 3.63) is 59.2 Å². The SMILES string of the molecule is C[C@@H]1CN([C@@H](C)CO)C(=O)c2cccc(NC(=O)C3CCOCC3)c2O[C@@H]1CN(C)Cc1ccc(C(=O)O)cc1. The third-order valence-electron chi connectivity index (χ3n) is 7.69. The van der Waals surface area contributed by atoms with Gasteiger partial charge in [0.1, 0.15) is 6.10 Å². The highest BCUT2D eigenvalue weighted by molar-refractivity contribution is 6.02. The predicted molar refractivity (Wildman–Crippen MR) is 150 cm³/mol. The molecule has 2 amide bonds. The van der Waals surface area contributed by atoms with Gasteiger partial charge in [0, 0.05) is 44.7 Å². The number of nitrogens with zero attached hydrogens (tertiary/aromatic N) is 2. The fourth-order valence-electron chi connectivity index (χ4n) is 5.19. The van der Waals surface area contributed by atoms with Crippen molar-refractivity contribution in [2.75, 3.05) is 45.3 Å². The quantitative estimate of drug-likeness (QED) is 0.432. The fourth-order valence-corrected chi connectivity index (χ4v) is 5.19. The van der Waals surface area contributed by atoms with E-state index in [9.17, 15) is 24.6 Å². The van der Waals surface area contributed by atoms with Crippen LogP contribution < -0.4 is 10.1 Å². The maximum atomic E-state index is 13.7. The molecule has 0 radical (unpaired) electrons. The molecule has 0 unspecified atom stereocenters. The number of anilines is 1. The van der Waals surface area contributed by atoms with Gasteiger partial charge >= 0.3 is 5.97 Å². The largest absolute Gasteiger partial charge is 0.486 e. The molecule has 3 N–H and O–H groups in total. The summed E-state index contributed by atoms with van der Waals surface area (Å²) >= 11 is 0. The van der Waals surface area contributed by atoms with Crippen LogP contribution >= 0.6 is 0 Å². The van der Waals surface area contributed by atoms with E-state index < -0.39 is 12.0 Å². The van der Waals surface area contributed by atoms with Gasteiger partial charge in [-0.3, -0.25) is 14.5 Å². The van der Waals surface area contributed by atoms with Crippen LogP contribution in [0.4, 0.5) is 5.69 Å². The molecule has 0 saturated carbocycles. The zero-order chi connectivity index (χ0) is 28.8. The van der Waals surface area contributed by atoms with Gasteiger partial charge in [-0.15, -0.1) is 0 Å². The number of aliphatic hydroxyl groups is 1. The van der Waals surface area contributed by atoms with Gasteiger partial charge in [0.2, 0.25) is 5.91 Å². The van der Waals surface area contributed by atoms with Crippen LogP contribution in [0.1, 0.15) is 53.0 Å². The average Bonchev–Trinajstić information content (AvgIpc) is 2.95. The number of rotatable bonds is 9. The van der Waals surface area contributed by atoms with Crippen LogP contribution in [0.3, 0.4) is 0 Å². The Balaban J connectivity index is 1.60. The van der Waals surface area contributed by atoms with Crippen LogP contribution in [0, 0.1) is 11.8 Å². The third kappa shape index (κ3) is 6.99. The lowest BCUT2D eigenvalue weighted by Crippen LogP contribution is -2.49. The summed E-state index contributed by atoms with van der Waals surface area (Å²) in [6.07, 6.45) is 0.936. The lowest BCUT2D eigenvalue weighted by atomic mass is 9.98. The van der Waals surface area contributed by atoms with Crippen molar-refractivity contribution < 1.29 is 34.1 Å². The molecule has 4 rings (SSSR count). The summed E-state index contributed by atoms with van der Waals surface area (Å²) in [5.74, 6) is -1.28. The number of likely N-dealkylation sites (N-methyl/N-ethyl adjacent to an activating group) is 1. The summed E-state index contributed by atoms with van der Waals surface area (Å²) in [4.78, 5) is 41.7. The zero-order valence-electron chi connectivity index (χ0n) is 23.3. The Morgan fingerprint density at radius 2 is 1.85 bits per heavy atom. The van der Waals surface area contributed by atoms with Gasteiger partial charge in [0.25, 0.3) is 5.91 Å². The first-order valence-corrected chi connectivity index (χ1v) is 13.8. The number of amides is 2. The summed E-state index contributed by atoms with van der Waals surface area (Å²) in [7, 11) is 1.96. The molecule has 0 aromatic heterocycles. The number of aliphatic hydroxyl groups excluding tert-OH is 1. The van der Waals surface area contributed by atoms with Crippen molar-refractivity contribution in [2.45, 2.75) is 45.4 Å². The molecule has 40 heavy (non-hydrogen) atoms. The summed E-state index contributed by atoms with van der Waals surface area (Å²) in [6, 6.07) is 11.5. The molecular formula is C30H39N3O7. The second-order valence-corrected chi connectivity index (χ2v) is 10.9. The van der Waals surface area contributed by atoms with E-state index in [0.29, 0.717) is 62.7 Å². The second-order valence-electron chi connectivity index (χ2n) is 10.9. The summed E-state index contributed by atoms with van der Waals surface area (Å²) in [6.45, 7) is 6.20. The number of benzene rings is 2. The van der Waals surface area contributed by atoms with Crippen LogP contribution in [0.25, 0.3) is 0 Å². The molecule has 3 atom stereocenters. The Hall–Kier alpha value is -3.47. The third-order valence-corrected chi connectivity index (χ3v) is 7.69. The van der Waals surface area contributed by atoms with Crippen molar-refractivity contribution in [2.24, 2.45) is 11.8 Å². The van der Waals surface area contributed by atoms with E-state index in [-0.39, 0.29) is 41.9 Å². The topological polar surface area (TPSA) is 129 Å². The lowest BCUT2D eigenvalue weighted by molar-refractivity contribution is -0.122. The minimum Gasteiger partial charge on any atom is -0.486 e. The number of fused-ring (bicyclic) bond motifs is 1. The zero-order valence-corrected chi connectivity index (χ0v) is 23.3. The number of ether oxygens (including phenoxy) is 2. The number of carboxylic acid groups (broad SMARTS) is 1. The minimum atomic E-state index is -0.966. The molecule has 1 saturated heterocycles. The smallest absolute Gasteiger partial charge is 0.335 e. The Morgan fingerprint density at radius 1 is 1.15 bits per heavy atom. The normalized spacial score (nSPS) is 20.7. The molecule has 10 heteroatoms. The molecule has 2 heterocycles. The van der Waals surface area contributed by atoms with Gasteiger partial charge in [0.05, 0.1) is 29.5 Å². The lowest BCUT2D eigenvalue weighted by Gasteiger charge is -2.38. The summed E-state index contributed by atoms with van der Waals surface area (Å²) < 4.78 is 12.0. The Bertz CT molecular complexity index is 1200. The van der Waals surface area contributed by atoms with E-state index in [1.165, 1.54) is 0 Å². The summed E-state index contributed by atoms with van der Waals surface area (Å²) in [5.41, 5.74) is 1.98. The first kappa shape index (κ1) is 29.5. The number of hydrogen-bond acceptors (Lipinski definition) is 7. The molecule has 2 aromatic rings. The van der Waals surface area contributed by atoms with Gasteiger partial charge in [-0.25, -0.2) is 4.79 Å². The van der Waals surface area contributed by atoms with Crippen molar-refractivity contribution >= 4 is 23.5 Å². The van der Waals surface area contributed by atoms with E-state index >= 15 is 0 Å². The van der Waals surface area contributed by atoms with Gasteiger partial charge in [0.15, 0.2) is 5.75 Å². The van der Waals surface area contributed by atoms with Gasteiger partial charge in [-0.1, -0.05) is 25.1 Å². The average molecular weight is 554 g/mol. The van der Waals surface area contributed by atoms with Crippen LogP contribution in [-0.4, -0.2) is 89.9 Å². The number of carbonyl (C=O) groups excluding carboxylic acids is 2. The number of para-hydroxylation sites is 1. The highest BCUT2D eigenvalue weighted by Gasteiger charge is 2.35. The first-order chi connectivity index (χ1) is 19.2. The molecule has 2 aliphatic rings. The van der Waals surface area contributed by atoms with Gasteiger partial charge in [-0.05, 0) is 56.6 Å². The number of carboxylic acids is 1. The second kappa shape index (κ2) is 13.3. The highest BCUT2D eigenvalue weighted by Crippen LogP contribution is 2.35. The minimum absolute atomic E-state index is 0.0952. The monoisotopic (exact) mass is 553 g/mol. The molecule has 216 valence electrons. The van der Waals surface area contributed by atoms with Crippen molar-refractivity contribution in [3.8, 4) is 5.75 Å². The Labute approximate surface area is 234 Å². The number of aromatic carboxylic acids is 1. The van der Waals surface area contributed by atoms with E-state index in [1.807, 2.05) is 20.9 Å². The van der Waals surface area contributed by atoms with Crippen LogP contribution in [0.2, 0.25) is 0 Å². The number of nitrogens with one attached hydrogen (secondary N) is 1. The molecule has 2 aliphatic heterocycles. The van der Waals surface area contributed by atoms with Crippen LogP contribution in [0.5, 0.6) is 5.75 Å². The highest BCUT2D eigenvalue weighted by atomic mass is 16.5. The maximum absolute atomic E-state index is 13.7. The Kier molecular flexibility index (Phi) is 9.78. The van der Waals surface area contributed by atoms with E-state index in [2.05, 4.69) is 10.2 Å². The Morgan fingerprint density at radius 3 is 2.50 bits per heavy atom. The standard InChI is InChI=1S/C30H39N3O7/c1-19-15-33(20(2)18-34)29(36)24-5-4-6-25(31-28(35)22-11-13-39-14-12-22)27(24)40-26(19)17-32(3)16-21-7-9-23(10-8-21)30(37)38/h4-10,19-20,22,26,34H,11-18H2,1-3H3,(H,31,35)(H,37,38)/t19-,20+,26-/m1/s1. The fraction of sp³-hybridized carbons (Fsp3) is 0.500. The molecule has 0 spiro atoms. The number of hydrogen-bond donors (Lipinski definition) is 3. The molecule has 0 aliphatic carbocycles. The summed E-state index contributed by atoms with van der Waals surface area (Å²) in [5, 5.41) is 22.1. The van der Waals surface area contributed by atoms with Gasteiger partial charge < -0.3 is 29.9 Å². The molecular weight excluding hydrogens is 514 g/mol. The molecule has 10 nitrogen and oxygen atoms in total. The van der Waals surface area contributed by atoms with E-state index in [4.69, 9.17) is 9.47 Å². The van der Waals surface area contributed by atoms with E-state index in [1.54, 1.807) is 47.4 Å². The number of carbonyl (C=O) groups is 3.